The molecule has 4 N–H and O–H groups in total. The summed E-state index contributed by atoms with van der Waals surface area (Å²) in [4.78, 5) is 0. The lowest BCUT2D eigenvalue weighted by atomic mass is 10.1. The minimum Gasteiger partial charge on any atom is -0.389 e. The number of hydrogen-bond acceptors (Lipinski definition) is 3. The second kappa shape index (κ2) is 5.94. The molecule has 1 rings (SSSR count). The van der Waals surface area contributed by atoms with Gasteiger partial charge in [-0.1, -0.05) is 11.6 Å². The van der Waals surface area contributed by atoms with Crippen LogP contribution >= 0.6 is 11.6 Å². The molecule has 80 valence electrons. The van der Waals surface area contributed by atoms with Crippen LogP contribution in [0.15, 0.2) is 23.0 Å². The molecule has 3 nitrogen and oxygen atoms in total. The van der Waals surface area contributed by atoms with Crippen molar-refractivity contribution in [1.29, 1.82) is 0 Å². The molecule has 0 aromatic rings. The summed E-state index contributed by atoms with van der Waals surface area (Å²) in [6, 6.07) is 0.532. The SMILES string of the molecule is C/C(C=CN[C@@H]1CCCNC1)=C(/N)Cl. The smallest absolute Gasteiger partial charge is 0.102 e. The summed E-state index contributed by atoms with van der Waals surface area (Å²) in [5.41, 5.74) is 6.30. The molecule has 0 amide bonds. The van der Waals surface area contributed by atoms with Crippen molar-refractivity contribution in [3.05, 3.63) is 23.0 Å². The molecule has 1 heterocycles. The Bertz CT molecular complexity index is 226. The van der Waals surface area contributed by atoms with Crippen molar-refractivity contribution >= 4 is 11.6 Å². The summed E-state index contributed by atoms with van der Waals surface area (Å²) in [5, 5.41) is 7.00. The van der Waals surface area contributed by atoms with Gasteiger partial charge in [-0.3, -0.25) is 0 Å². The van der Waals surface area contributed by atoms with Crippen LogP contribution in [0.25, 0.3) is 0 Å². The zero-order chi connectivity index (χ0) is 10.4. The van der Waals surface area contributed by atoms with E-state index in [0.717, 1.165) is 18.7 Å². The van der Waals surface area contributed by atoms with Crippen molar-refractivity contribution in [2.75, 3.05) is 13.1 Å². The normalized spacial score (nSPS) is 24.9. The van der Waals surface area contributed by atoms with Gasteiger partial charge >= 0.3 is 0 Å². The maximum Gasteiger partial charge on any atom is 0.102 e. The fraction of sp³-hybridized carbons (Fsp3) is 0.600. The quantitative estimate of drug-likeness (QED) is 0.491. The third-order valence-corrected chi connectivity index (χ3v) is 2.64. The van der Waals surface area contributed by atoms with Gasteiger partial charge < -0.3 is 16.4 Å². The molecule has 0 spiro atoms. The largest absolute Gasteiger partial charge is 0.389 e. The van der Waals surface area contributed by atoms with Crippen LogP contribution in [0.3, 0.4) is 0 Å². The Morgan fingerprint density at radius 2 is 2.43 bits per heavy atom. The fourth-order valence-corrected chi connectivity index (χ4v) is 1.45. The van der Waals surface area contributed by atoms with Crippen molar-refractivity contribution in [1.82, 2.24) is 10.6 Å². The molecule has 1 fully saturated rings. The first-order valence-corrected chi connectivity index (χ1v) is 5.33. The highest BCUT2D eigenvalue weighted by Crippen LogP contribution is 2.04. The molecule has 0 aromatic carbocycles. The van der Waals surface area contributed by atoms with Gasteiger partial charge in [0.2, 0.25) is 0 Å². The van der Waals surface area contributed by atoms with E-state index in [1.807, 2.05) is 19.2 Å². The van der Waals surface area contributed by atoms with E-state index in [1.54, 1.807) is 0 Å². The van der Waals surface area contributed by atoms with Gasteiger partial charge in [-0.05, 0) is 44.2 Å². The lowest BCUT2D eigenvalue weighted by Crippen LogP contribution is -2.40. The molecule has 0 bridgehead atoms. The Morgan fingerprint density at radius 1 is 1.64 bits per heavy atom. The average molecular weight is 216 g/mol. The van der Waals surface area contributed by atoms with E-state index < -0.39 is 0 Å². The Kier molecular flexibility index (Phi) is 4.84. The first kappa shape index (κ1) is 11.4. The minimum absolute atomic E-state index is 0.352. The predicted molar refractivity (Wildman–Crippen MR) is 60.9 cm³/mol. The minimum atomic E-state index is 0.352. The van der Waals surface area contributed by atoms with E-state index in [2.05, 4.69) is 10.6 Å². The predicted octanol–water partition coefficient (Wildman–Crippen LogP) is 1.27. The molecule has 1 aliphatic heterocycles. The van der Waals surface area contributed by atoms with E-state index in [9.17, 15) is 0 Å². The van der Waals surface area contributed by atoms with E-state index in [0.29, 0.717) is 11.2 Å². The Labute approximate surface area is 90.4 Å². The zero-order valence-corrected chi connectivity index (χ0v) is 9.27. The summed E-state index contributed by atoms with van der Waals surface area (Å²) in [7, 11) is 0. The second-order valence-corrected chi connectivity index (χ2v) is 3.98. The molecule has 1 saturated heterocycles. The van der Waals surface area contributed by atoms with Crippen LogP contribution in [0, 0.1) is 0 Å². The maximum absolute atomic E-state index is 5.62. The van der Waals surface area contributed by atoms with Crippen LogP contribution in [0.2, 0.25) is 0 Å². The first-order chi connectivity index (χ1) is 6.70. The Balaban J connectivity index is 2.28. The van der Waals surface area contributed by atoms with E-state index in [-0.39, 0.29) is 0 Å². The number of piperidine rings is 1. The summed E-state index contributed by atoms with van der Waals surface area (Å²) in [5.74, 6) is 0. The number of nitrogens with one attached hydrogen (secondary N) is 2. The van der Waals surface area contributed by atoms with Crippen LogP contribution in [0.1, 0.15) is 19.8 Å². The van der Waals surface area contributed by atoms with Crippen LogP contribution in [-0.4, -0.2) is 19.1 Å². The zero-order valence-electron chi connectivity index (χ0n) is 8.52. The monoisotopic (exact) mass is 215 g/mol. The first-order valence-electron chi connectivity index (χ1n) is 4.95. The number of rotatable bonds is 3. The molecule has 0 unspecified atom stereocenters. The molecule has 0 radical (unpaired) electrons. The molecule has 0 saturated carbocycles. The number of hydrogen-bond donors (Lipinski definition) is 3. The van der Waals surface area contributed by atoms with Gasteiger partial charge in [-0.25, -0.2) is 0 Å². The highest BCUT2D eigenvalue weighted by molar-refractivity contribution is 6.29. The molecular formula is C10H18ClN3. The van der Waals surface area contributed by atoms with Crippen LogP contribution in [-0.2, 0) is 0 Å². The summed E-state index contributed by atoms with van der Waals surface area (Å²) >= 11 is 5.62. The van der Waals surface area contributed by atoms with Crippen LogP contribution < -0.4 is 16.4 Å². The molecule has 1 atom stereocenters. The highest BCUT2D eigenvalue weighted by Gasteiger charge is 2.09. The second-order valence-electron chi connectivity index (χ2n) is 3.57. The molecule has 0 aliphatic carbocycles. The van der Waals surface area contributed by atoms with Crippen molar-refractivity contribution in [2.45, 2.75) is 25.8 Å². The molecule has 4 heteroatoms. The van der Waals surface area contributed by atoms with Gasteiger partial charge in [0.15, 0.2) is 0 Å². The molecular weight excluding hydrogens is 198 g/mol. The number of nitrogens with two attached hydrogens (primary N) is 1. The van der Waals surface area contributed by atoms with Crippen molar-refractivity contribution < 1.29 is 0 Å². The Hall–Kier alpha value is -0.670. The van der Waals surface area contributed by atoms with Gasteiger partial charge in [0, 0.05) is 12.6 Å². The van der Waals surface area contributed by atoms with Gasteiger partial charge in [0.05, 0.1) is 0 Å². The van der Waals surface area contributed by atoms with Crippen molar-refractivity contribution in [3.63, 3.8) is 0 Å². The van der Waals surface area contributed by atoms with Crippen LogP contribution in [0.5, 0.6) is 0 Å². The average Bonchev–Trinajstić information content (AvgIpc) is 2.19. The maximum atomic E-state index is 5.62. The fourth-order valence-electron chi connectivity index (χ4n) is 1.38. The third-order valence-electron chi connectivity index (χ3n) is 2.34. The Morgan fingerprint density at radius 3 is 3.00 bits per heavy atom. The standard InChI is InChI=1S/C10H18ClN3/c1-8(10(11)12)4-6-14-9-3-2-5-13-7-9/h4,6,9,13-14H,2-3,5,7,12H2,1H3/b6-4?,10-8-/t9-/m1/s1. The van der Waals surface area contributed by atoms with Crippen molar-refractivity contribution in [2.24, 2.45) is 5.73 Å². The van der Waals surface area contributed by atoms with E-state index >= 15 is 0 Å². The van der Waals surface area contributed by atoms with Gasteiger partial charge in [0.1, 0.15) is 5.16 Å². The summed E-state index contributed by atoms with van der Waals surface area (Å²) < 4.78 is 0. The number of halogens is 1. The summed E-state index contributed by atoms with van der Waals surface area (Å²) in [6.45, 7) is 4.05. The highest BCUT2D eigenvalue weighted by atomic mass is 35.5. The van der Waals surface area contributed by atoms with Crippen molar-refractivity contribution in [3.8, 4) is 0 Å². The van der Waals surface area contributed by atoms with E-state index in [1.165, 1.54) is 12.8 Å². The van der Waals surface area contributed by atoms with Gasteiger partial charge in [-0.15, -0.1) is 0 Å². The van der Waals surface area contributed by atoms with Crippen LogP contribution in [0.4, 0.5) is 0 Å². The lowest BCUT2D eigenvalue weighted by molar-refractivity contribution is 0.422. The third kappa shape index (κ3) is 4.03. The summed E-state index contributed by atoms with van der Waals surface area (Å²) in [6.07, 6.45) is 6.27. The number of allylic oxidation sites excluding steroid dienone is 2. The topological polar surface area (TPSA) is 50.1 Å². The molecule has 1 aliphatic rings. The lowest BCUT2D eigenvalue weighted by Gasteiger charge is -2.22. The van der Waals surface area contributed by atoms with Gasteiger partial charge in [-0.2, -0.15) is 0 Å². The molecule has 14 heavy (non-hydrogen) atoms. The van der Waals surface area contributed by atoms with Gasteiger partial charge in [0.25, 0.3) is 0 Å². The van der Waals surface area contributed by atoms with E-state index in [4.69, 9.17) is 17.3 Å². The molecule has 0 aromatic heterocycles.